The van der Waals surface area contributed by atoms with E-state index in [4.69, 9.17) is 17.3 Å². The summed E-state index contributed by atoms with van der Waals surface area (Å²) in [6.45, 7) is 4.21. The number of anilines is 2. The van der Waals surface area contributed by atoms with E-state index in [1.54, 1.807) is 0 Å². The fourth-order valence-corrected chi connectivity index (χ4v) is 1.94. The molecule has 0 aliphatic carbocycles. The molecular formula is C9H13ClN4. The largest absolute Gasteiger partial charge is 0.382 e. The maximum Gasteiger partial charge on any atom is 0.153 e. The van der Waals surface area contributed by atoms with Crippen LogP contribution in [0.4, 0.5) is 11.6 Å². The molecular weight excluding hydrogens is 200 g/mol. The summed E-state index contributed by atoms with van der Waals surface area (Å²) in [7, 11) is 0. The number of rotatable bonds is 1. The summed E-state index contributed by atoms with van der Waals surface area (Å²) in [4.78, 5) is 10.2. The van der Waals surface area contributed by atoms with Gasteiger partial charge in [-0.1, -0.05) is 18.5 Å². The molecule has 2 rings (SSSR count). The van der Waals surface area contributed by atoms with Crippen molar-refractivity contribution in [3.63, 3.8) is 0 Å². The molecule has 1 atom stereocenters. The summed E-state index contributed by atoms with van der Waals surface area (Å²) in [5.74, 6) is 1.82. The summed E-state index contributed by atoms with van der Waals surface area (Å²) in [6.07, 6.45) is 2.64. The van der Waals surface area contributed by atoms with Gasteiger partial charge in [0.05, 0.1) is 0 Å². The van der Waals surface area contributed by atoms with Gasteiger partial charge >= 0.3 is 0 Å². The lowest BCUT2D eigenvalue weighted by Crippen LogP contribution is -2.21. The second-order valence-corrected chi connectivity index (χ2v) is 4.11. The Labute approximate surface area is 88.1 Å². The predicted octanol–water partition coefficient (Wildman–Crippen LogP) is 1.56. The highest BCUT2D eigenvalue weighted by molar-refractivity contribution is 6.35. The molecule has 0 spiro atoms. The molecule has 0 saturated carbocycles. The third kappa shape index (κ3) is 1.62. The normalized spacial score (nSPS) is 21.6. The Kier molecular flexibility index (Phi) is 2.46. The second-order valence-electron chi connectivity index (χ2n) is 3.74. The van der Waals surface area contributed by atoms with Gasteiger partial charge in [0, 0.05) is 13.1 Å². The highest BCUT2D eigenvalue weighted by Gasteiger charge is 2.22. The van der Waals surface area contributed by atoms with Crippen LogP contribution in [-0.4, -0.2) is 23.1 Å². The van der Waals surface area contributed by atoms with E-state index in [-0.39, 0.29) is 0 Å². The average molecular weight is 213 g/mol. The van der Waals surface area contributed by atoms with Crippen molar-refractivity contribution in [1.82, 2.24) is 9.97 Å². The van der Waals surface area contributed by atoms with E-state index in [2.05, 4.69) is 21.8 Å². The number of hydrogen-bond donors (Lipinski definition) is 1. The van der Waals surface area contributed by atoms with Gasteiger partial charge in [0.25, 0.3) is 0 Å². The molecule has 1 unspecified atom stereocenters. The monoisotopic (exact) mass is 212 g/mol. The van der Waals surface area contributed by atoms with E-state index in [0.29, 0.717) is 16.8 Å². The minimum absolute atomic E-state index is 0.358. The number of nitrogens with zero attached hydrogens (tertiary/aromatic N) is 3. The molecule has 1 fully saturated rings. The first-order valence-corrected chi connectivity index (χ1v) is 5.07. The van der Waals surface area contributed by atoms with Crippen LogP contribution in [-0.2, 0) is 0 Å². The molecule has 1 aromatic heterocycles. The second kappa shape index (κ2) is 3.61. The number of aromatic nitrogens is 2. The zero-order valence-electron chi connectivity index (χ0n) is 8.07. The lowest BCUT2D eigenvalue weighted by molar-refractivity contribution is 0.659. The van der Waals surface area contributed by atoms with Gasteiger partial charge in [0.2, 0.25) is 0 Å². The molecule has 2 heterocycles. The van der Waals surface area contributed by atoms with Crippen LogP contribution in [0.25, 0.3) is 0 Å². The molecule has 14 heavy (non-hydrogen) atoms. The molecule has 0 aromatic carbocycles. The zero-order valence-corrected chi connectivity index (χ0v) is 8.83. The Morgan fingerprint density at radius 1 is 1.57 bits per heavy atom. The lowest BCUT2D eigenvalue weighted by atomic mass is 10.2. The average Bonchev–Trinajstić information content (AvgIpc) is 2.57. The number of nitrogens with two attached hydrogens (primary N) is 1. The highest BCUT2D eigenvalue weighted by atomic mass is 35.5. The summed E-state index contributed by atoms with van der Waals surface area (Å²) in [5, 5.41) is 0.474. The maximum atomic E-state index is 6.03. The Hall–Kier alpha value is -1.03. The van der Waals surface area contributed by atoms with Crippen LogP contribution in [0.1, 0.15) is 13.3 Å². The van der Waals surface area contributed by atoms with E-state index in [0.717, 1.165) is 18.9 Å². The van der Waals surface area contributed by atoms with Crippen molar-refractivity contribution in [2.75, 3.05) is 23.7 Å². The smallest absolute Gasteiger partial charge is 0.153 e. The van der Waals surface area contributed by atoms with Crippen molar-refractivity contribution >= 4 is 23.2 Å². The fourth-order valence-electron chi connectivity index (χ4n) is 1.72. The van der Waals surface area contributed by atoms with Gasteiger partial charge in [-0.3, -0.25) is 0 Å². The SMILES string of the molecule is CC1CCN(c2ncnc(N)c2Cl)C1. The molecule has 0 amide bonds. The number of halogens is 1. The Balaban J connectivity index is 2.28. The van der Waals surface area contributed by atoms with Crippen LogP contribution in [0.2, 0.25) is 5.02 Å². The minimum Gasteiger partial charge on any atom is -0.382 e. The number of nitrogen functional groups attached to an aromatic ring is 1. The van der Waals surface area contributed by atoms with Crippen molar-refractivity contribution in [3.05, 3.63) is 11.3 Å². The molecule has 4 nitrogen and oxygen atoms in total. The first-order valence-electron chi connectivity index (χ1n) is 4.69. The van der Waals surface area contributed by atoms with E-state index < -0.39 is 0 Å². The van der Waals surface area contributed by atoms with Gasteiger partial charge < -0.3 is 10.6 Å². The summed E-state index contributed by atoms with van der Waals surface area (Å²) >= 11 is 6.03. The zero-order chi connectivity index (χ0) is 10.1. The molecule has 0 bridgehead atoms. The molecule has 76 valence electrons. The molecule has 1 aliphatic rings. The quantitative estimate of drug-likeness (QED) is 0.768. The Morgan fingerprint density at radius 2 is 2.36 bits per heavy atom. The van der Waals surface area contributed by atoms with Crippen LogP contribution < -0.4 is 10.6 Å². The van der Waals surface area contributed by atoms with E-state index in [1.807, 2.05) is 0 Å². The van der Waals surface area contributed by atoms with Crippen LogP contribution >= 0.6 is 11.6 Å². The first-order chi connectivity index (χ1) is 6.68. The number of hydrogen-bond acceptors (Lipinski definition) is 4. The predicted molar refractivity (Wildman–Crippen MR) is 57.4 cm³/mol. The Morgan fingerprint density at radius 3 is 3.00 bits per heavy atom. The van der Waals surface area contributed by atoms with Crippen LogP contribution in [0.5, 0.6) is 0 Å². The van der Waals surface area contributed by atoms with Crippen molar-refractivity contribution in [3.8, 4) is 0 Å². The summed E-state index contributed by atoms with van der Waals surface area (Å²) < 4.78 is 0. The third-order valence-corrected chi connectivity index (χ3v) is 2.88. The Bertz CT molecular complexity index is 342. The molecule has 1 saturated heterocycles. The van der Waals surface area contributed by atoms with Gasteiger partial charge in [-0.2, -0.15) is 0 Å². The van der Waals surface area contributed by atoms with Crippen LogP contribution in [0.3, 0.4) is 0 Å². The van der Waals surface area contributed by atoms with Gasteiger partial charge in [-0.15, -0.1) is 0 Å². The molecule has 1 aliphatic heterocycles. The molecule has 1 aromatic rings. The molecule has 0 radical (unpaired) electrons. The fraction of sp³-hybridized carbons (Fsp3) is 0.556. The van der Waals surface area contributed by atoms with Gasteiger partial charge in [0.1, 0.15) is 17.2 Å². The highest BCUT2D eigenvalue weighted by Crippen LogP contribution is 2.30. The standard InChI is InChI=1S/C9H13ClN4/c1-6-2-3-14(4-6)9-7(10)8(11)12-5-13-9/h5-6H,2-4H2,1H3,(H2,11,12,13). The van der Waals surface area contributed by atoms with Crippen LogP contribution in [0, 0.1) is 5.92 Å². The van der Waals surface area contributed by atoms with E-state index in [9.17, 15) is 0 Å². The maximum absolute atomic E-state index is 6.03. The van der Waals surface area contributed by atoms with Gasteiger partial charge in [-0.05, 0) is 12.3 Å². The molecule has 5 heteroatoms. The minimum atomic E-state index is 0.358. The van der Waals surface area contributed by atoms with Crippen LogP contribution in [0.15, 0.2) is 6.33 Å². The van der Waals surface area contributed by atoms with Gasteiger partial charge in [0.15, 0.2) is 5.82 Å². The van der Waals surface area contributed by atoms with E-state index in [1.165, 1.54) is 12.7 Å². The molecule has 2 N–H and O–H groups in total. The topological polar surface area (TPSA) is 55.0 Å². The van der Waals surface area contributed by atoms with Crippen molar-refractivity contribution < 1.29 is 0 Å². The summed E-state index contributed by atoms with van der Waals surface area (Å²) in [6, 6.07) is 0. The lowest BCUT2D eigenvalue weighted by Gasteiger charge is -2.18. The van der Waals surface area contributed by atoms with Crippen molar-refractivity contribution in [2.45, 2.75) is 13.3 Å². The van der Waals surface area contributed by atoms with E-state index >= 15 is 0 Å². The van der Waals surface area contributed by atoms with Crippen molar-refractivity contribution in [2.24, 2.45) is 5.92 Å². The van der Waals surface area contributed by atoms with Gasteiger partial charge in [-0.25, -0.2) is 9.97 Å². The van der Waals surface area contributed by atoms with Crippen molar-refractivity contribution in [1.29, 1.82) is 0 Å². The summed E-state index contributed by atoms with van der Waals surface area (Å²) in [5.41, 5.74) is 5.61. The third-order valence-electron chi connectivity index (χ3n) is 2.52. The first kappa shape index (κ1) is 9.52.